The average molecular weight is 358 g/mol. The van der Waals surface area contributed by atoms with E-state index in [-0.39, 0.29) is 0 Å². The van der Waals surface area contributed by atoms with Gasteiger partial charge in [0.15, 0.2) is 0 Å². The summed E-state index contributed by atoms with van der Waals surface area (Å²) in [5.74, 6) is 0. The van der Waals surface area contributed by atoms with Crippen molar-refractivity contribution in [2.24, 2.45) is 0 Å². The number of allylic oxidation sites excluding steroid dienone is 8. The molecule has 0 heterocycles. The molecule has 0 saturated carbocycles. The van der Waals surface area contributed by atoms with E-state index in [0.717, 1.165) is 12.8 Å². The lowest BCUT2D eigenvalue weighted by molar-refractivity contribution is 1.39. The number of hydrogen-bond donors (Lipinski definition) is 0. The quantitative estimate of drug-likeness (QED) is 0.455. The summed E-state index contributed by atoms with van der Waals surface area (Å²) in [7, 11) is 0. The summed E-state index contributed by atoms with van der Waals surface area (Å²) >= 11 is 0. The molecule has 5 rings (SSSR count). The molecule has 134 valence electrons. The summed E-state index contributed by atoms with van der Waals surface area (Å²) in [4.78, 5) is 0. The molecule has 0 atom stereocenters. The van der Waals surface area contributed by atoms with Crippen molar-refractivity contribution in [1.82, 2.24) is 0 Å². The molecule has 0 unspecified atom stereocenters. The smallest absolute Gasteiger partial charge is 0.00139 e. The Balaban J connectivity index is 1.32. The summed E-state index contributed by atoms with van der Waals surface area (Å²) in [6.07, 6.45) is 11.1. The molecule has 0 radical (unpaired) electrons. The first-order valence-electron chi connectivity index (χ1n) is 9.88. The highest BCUT2D eigenvalue weighted by Crippen LogP contribution is 2.37. The van der Waals surface area contributed by atoms with Crippen molar-refractivity contribution >= 4 is 22.3 Å². The summed E-state index contributed by atoms with van der Waals surface area (Å²) < 4.78 is 0. The number of rotatable bonds is 4. The van der Waals surface area contributed by atoms with Crippen molar-refractivity contribution in [2.75, 3.05) is 0 Å². The van der Waals surface area contributed by atoms with Crippen LogP contribution in [0, 0.1) is 0 Å². The standard InChI is InChI=1S/C28H22/c1-3-8-21(9-4-1)25-14-16-27(19-25)23-12-7-13-24(18-23)28-17-15-26(20-28)22-10-5-2-6-11-22/h1-18H,19-20H2. The fraction of sp³-hybridized carbons (Fsp3) is 0.0714. The van der Waals surface area contributed by atoms with Crippen molar-refractivity contribution in [3.63, 3.8) is 0 Å². The van der Waals surface area contributed by atoms with Crippen molar-refractivity contribution in [3.05, 3.63) is 131 Å². The van der Waals surface area contributed by atoms with Crippen LogP contribution in [-0.2, 0) is 0 Å². The Labute approximate surface area is 166 Å². The molecule has 0 heteroatoms. The van der Waals surface area contributed by atoms with Crippen molar-refractivity contribution in [2.45, 2.75) is 12.8 Å². The van der Waals surface area contributed by atoms with Gasteiger partial charge < -0.3 is 0 Å². The van der Waals surface area contributed by atoms with Gasteiger partial charge in [-0.25, -0.2) is 0 Å². The number of hydrogen-bond acceptors (Lipinski definition) is 0. The Morgan fingerprint density at radius 3 is 1.14 bits per heavy atom. The molecule has 3 aromatic carbocycles. The van der Waals surface area contributed by atoms with Crippen LogP contribution in [0.4, 0.5) is 0 Å². The summed E-state index contributed by atoms with van der Waals surface area (Å²) in [6.45, 7) is 0. The summed E-state index contributed by atoms with van der Waals surface area (Å²) in [5, 5.41) is 0. The van der Waals surface area contributed by atoms with Gasteiger partial charge in [0.25, 0.3) is 0 Å². The minimum atomic E-state index is 1.00. The molecule has 0 fully saturated rings. The van der Waals surface area contributed by atoms with Crippen LogP contribution in [0.1, 0.15) is 35.1 Å². The molecule has 28 heavy (non-hydrogen) atoms. The zero-order valence-electron chi connectivity index (χ0n) is 15.8. The second kappa shape index (κ2) is 7.32. The molecule has 0 aliphatic heterocycles. The third-order valence-corrected chi connectivity index (χ3v) is 5.63. The zero-order chi connectivity index (χ0) is 18.8. The lowest BCUT2D eigenvalue weighted by Gasteiger charge is -2.10. The Bertz CT molecular complexity index is 1030. The van der Waals surface area contributed by atoms with E-state index in [1.165, 1.54) is 44.5 Å². The molecule has 0 spiro atoms. The maximum absolute atomic E-state index is 2.35. The van der Waals surface area contributed by atoms with Gasteiger partial charge in [0.1, 0.15) is 0 Å². The van der Waals surface area contributed by atoms with Gasteiger partial charge in [-0.15, -0.1) is 0 Å². The highest BCUT2D eigenvalue weighted by atomic mass is 14.2. The van der Waals surface area contributed by atoms with Crippen LogP contribution in [0.3, 0.4) is 0 Å². The van der Waals surface area contributed by atoms with E-state index in [1.807, 2.05) is 0 Å². The van der Waals surface area contributed by atoms with E-state index in [2.05, 4.69) is 109 Å². The van der Waals surface area contributed by atoms with E-state index in [1.54, 1.807) is 0 Å². The van der Waals surface area contributed by atoms with Crippen LogP contribution < -0.4 is 0 Å². The molecule has 0 aromatic heterocycles. The van der Waals surface area contributed by atoms with Crippen LogP contribution in [0.2, 0.25) is 0 Å². The lowest BCUT2D eigenvalue weighted by Crippen LogP contribution is -1.89. The third kappa shape index (κ3) is 3.30. The molecule has 0 saturated heterocycles. The summed E-state index contributed by atoms with van der Waals surface area (Å²) in [5.41, 5.74) is 10.9. The molecular formula is C28H22. The van der Waals surface area contributed by atoms with Gasteiger partial charge in [-0.2, -0.15) is 0 Å². The topological polar surface area (TPSA) is 0 Å². The minimum absolute atomic E-state index is 1.00. The first-order chi connectivity index (χ1) is 13.9. The van der Waals surface area contributed by atoms with E-state index < -0.39 is 0 Å². The Kier molecular flexibility index (Phi) is 4.39. The van der Waals surface area contributed by atoms with Gasteiger partial charge in [-0.05, 0) is 63.5 Å². The zero-order valence-corrected chi connectivity index (χ0v) is 15.8. The SMILES string of the molecule is C1=C(c2ccccc2)CC(c2cccc(C3=CC=C(c4ccccc4)C3)c2)=C1. The highest BCUT2D eigenvalue weighted by Gasteiger charge is 2.15. The second-order valence-electron chi connectivity index (χ2n) is 7.43. The largest absolute Gasteiger partial charge is 0.0622 e. The third-order valence-electron chi connectivity index (χ3n) is 5.63. The maximum Gasteiger partial charge on any atom is -0.00139 e. The fourth-order valence-corrected chi connectivity index (χ4v) is 4.06. The molecule has 0 amide bonds. The van der Waals surface area contributed by atoms with Gasteiger partial charge in [0.2, 0.25) is 0 Å². The van der Waals surface area contributed by atoms with Crippen LogP contribution in [0.5, 0.6) is 0 Å². The average Bonchev–Trinajstić information content (AvgIpc) is 3.46. The summed E-state index contributed by atoms with van der Waals surface area (Å²) in [6, 6.07) is 30.4. The molecule has 0 bridgehead atoms. The minimum Gasteiger partial charge on any atom is -0.0622 e. The van der Waals surface area contributed by atoms with Gasteiger partial charge in [0.05, 0.1) is 0 Å². The Morgan fingerprint density at radius 1 is 0.357 bits per heavy atom. The van der Waals surface area contributed by atoms with Crippen molar-refractivity contribution < 1.29 is 0 Å². The van der Waals surface area contributed by atoms with Gasteiger partial charge in [-0.3, -0.25) is 0 Å². The predicted molar refractivity (Wildman–Crippen MR) is 120 cm³/mol. The van der Waals surface area contributed by atoms with E-state index in [4.69, 9.17) is 0 Å². The second-order valence-corrected chi connectivity index (χ2v) is 7.43. The molecule has 0 nitrogen and oxygen atoms in total. The normalized spacial score (nSPS) is 15.7. The maximum atomic E-state index is 2.35. The van der Waals surface area contributed by atoms with Gasteiger partial charge in [0, 0.05) is 0 Å². The van der Waals surface area contributed by atoms with E-state index in [9.17, 15) is 0 Å². The molecule has 2 aliphatic carbocycles. The highest BCUT2D eigenvalue weighted by molar-refractivity contribution is 5.90. The molecule has 3 aromatic rings. The first-order valence-corrected chi connectivity index (χ1v) is 9.88. The Hall–Kier alpha value is -3.38. The molecule has 2 aliphatic rings. The monoisotopic (exact) mass is 358 g/mol. The van der Waals surface area contributed by atoms with Crippen LogP contribution in [-0.4, -0.2) is 0 Å². The van der Waals surface area contributed by atoms with Gasteiger partial charge >= 0.3 is 0 Å². The van der Waals surface area contributed by atoms with Crippen LogP contribution in [0.15, 0.2) is 109 Å². The fourth-order valence-electron chi connectivity index (χ4n) is 4.06. The van der Waals surface area contributed by atoms with Gasteiger partial charge in [-0.1, -0.05) is 103 Å². The number of benzene rings is 3. The molecule has 0 N–H and O–H groups in total. The van der Waals surface area contributed by atoms with Crippen molar-refractivity contribution in [3.8, 4) is 0 Å². The van der Waals surface area contributed by atoms with Crippen LogP contribution in [0.25, 0.3) is 22.3 Å². The first kappa shape index (κ1) is 16.8. The molecular weight excluding hydrogens is 336 g/mol. The van der Waals surface area contributed by atoms with E-state index in [0.29, 0.717) is 0 Å². The van der Waals surface area contributed by atoms with Crippen LogP contribution >= 0.6 is 0 Å². The van der Waals surface area contributed by atoms with E-state index >= 15 is 0 Å². The predicted octanol–water partition coefficient (Wildman–Crippen LogP) is 7.43. The Morgan fingerprint density at radius 2 is 0.714 bits per heavy atom. The van der Waals surface area contributed by atoms with Crippen molar-refractivity contribution in [1.29, 1.82) is 0 Å². The lowest BCUT2D eigenvalue weighted by atomic mass is 9.94.